The molecule has 21 heavy (non-hydrogen) atoms. The average Bonchev–Trinajstić information content (AvgIpc) is 3.25. The zero-order chi connectivity index (χ0) is 14.7. The predicted octanol–water partition coefficient (Wildman–Crippen LogP) is 2.00. The molecule has 1 saturated heterocycles. The highest BCUT2D eigenvalue weighted by Gasteiger charge is 2.35. The van der Waals surface area contributed by atoms with E-state index in [1.54, 1.807) is 7.11 Å². The Labute approximate surface area is 125 Å². The van der Waals surface area contributed by atoms with Gasteiger partial charge in [0, 0.05) is 45.2 Å². The molecule has 1 atom stereocenters. The van der Waals surface area contributed by atoms with Crippen LogP contribution in [-0.2, 0) is 9.47 Å². The maximum atomic E-state index is 5.64. The van der Waals surface area contributed by atoms with Crippen LogP contribution in [0.5, 0.6) is 0 Å². The summed E-state index contributed by atoms with van der Waals surface area (Å²) in [5, 5.41) is 6.68. The molecule has 2 N–H and O–H groups in total. The number of anilines is 2. The summed E-state index contributed by atoms with van der Waals surface area (Å²) in [6.45, 7) is 5.03. The van der Waals surface area contributed by atoms with Crippen LogP contribution in [0.2, 0.25) is 0 Å². The molecule has 1 aliphatic heterocycles. The van der Waals surface area contributed by atoms with Crippen molar-refractivity contribution in [2.24, 2.45) is 0 Å². The van der Waals surface area contributed by atoms with Gasteiger partial charge in [-0.1, -0.05) is 0 Å². The number of hydrogen-bond acceptors (Lipinski definition) is 6. The van der Waals surface area contributed by atoms with Gasteiger partial charge in [-0.05, 0) is 19.8 Å². The summed E-state index contributed by atoms with van der Waals surface area (Å²) in [6.07, 6.45) is 3.31. The maximum absolute atomic E-state index is 5.64. The van der Waals surface area contributed by atoms with Gasteiger partial charge in [-0.15, -0.1) is 0 Å². The second kappa shape index (κ2) is 6.15. The molecule has 6 heteroatoms. The summed E-state index contributed by atoms with van der Waals surface area (Å²) in [7, 11) is 1.75. The molecule has 3 rings (SSSR count). The highest BCUT2D eigenvalue weighted by molar-refractivity contribution is 5.48. The Balaban J connectivity index is 1.71. The van der Waals surface area contributed by atoms with Crippen molar-refractivity contribution in [2.75, 3.05) is 44.0 Å². The minimum atomic E-state index is -0.233. The Morgan fingerprint density at radius 2 is 2.10 bits per heavy atom. The van der Waals surface area contributed by atoms with Crippen molar-refractivity contribution in [1.82, 2.24) is 9.97 Å². The van der Waals surface area contributed by atoms with Crippen LogP contribution in [-0.4, -0.2) is 49.0 Å². The normalized spacial score (nSPS) is 25.0. The van der Waals surface area contributed by atoms with Gasteiger partial charge in [-0.3, -0.25) is 0 Å². The van der Waals surface area contributed by atoms with Crippen LogP contribution >= 0.6 is 0 Å². The number of hydrogen-bond donors (Lipinski definition) is 2. The van der Waals surface area contributed by atoms with E-state index in [0.29, 0.717) is 19.1 Å². The van der Waals surface area contributed by atoms with Gasteiger partial charge in [0.05, 0.1) is 6.61 Å². The third kappa shape index (κ3) is 3.44. The molecule has 0 bridgehead atoms. The van der Waals surface area contributed by atoms with Crippen molar-refractivity contribution in [3.05, 3.63) is 11.9 Å². The van der Waals surface area contributed by atoms with Gasteiger partial charge in [0.15, 0.2) is 0 Å². The summed E-state index contributed by atoms with van der Waals surface area (Å²) in [5.74, 6) is 3.25. The van der Waals surface area contributed by atoms with Crippen molar-refractivity contribution in [3.63, 3.8) is 0 Å². The van der Waals surface area contributed by atoms with Crippen LogP contribution in [0.4, 0.5) is 11.6 Å². The third-order valence-electron chi connectivity index (χ3n) is 4.14. The van der Waals surface area contributed by atoms with Crippen LogP contribution < -0.4 is 10.6 Å². The Hall–Kier alpha value is -1.40. The quantitative estimate of drug-likeness (QED) is 0.801. The first-order valence-electron chi connectivity index (χ1n) is 7.74. The number of ether oxygens (including phenoxy) is 2. The Kier molecular flexibility index (Phi) is 4.26. The van der Waals surface area contributed by atoms with E-state index in [1.165, 1.54) is 12.8 Å². The molecule has 0 aromatic carbocycles. The lowest BCUT2D eigenvalue weighted by atomic mass is 10.0. The van der Waals surface area contributed by atoms with E-state index < -0.39 is 0 Å². The van der Waals surface area contributed by atoms with Gasteiger partial charge in [-0.2, -0.15) is 0 Å². The van der Waals surface area contributed by atoms with Gasteiger partial charge in [-0.25, -0.2) is 9.97 Å². The lowest BCUT2D eigenvalue weighted by Crippen LogP contribution is -2.39. The highest BCUT2D eigenvalue weighted by Crippen LogP contribution is 2.38. The Morgan fingerprint density at radius 3 is 2.67 bits per heavy atom. The van der Waals surface area contributed by atoms with Crippen LogP contribution in [0, 0.1) is 0 Å². The number of methoxy groups -OCH3 is 1. The van der Waals surface area contributed by atoms with Crippen LogP contribution in [0.15, 0.2) is 6.07 Å². The summed E-state index contributed by atoms with van der Waals surface area (Å²) >= 11 is 0. The molecular formula is C15H24N4O2. The molecule has 2 fully saturated rings. The molecule has 1 saturated carbocycles. The van der Waals surface area contributed by atoms with Gasteiger partial charge in [0.1, 0.15) is 23.1 Å². The topological polar surface area (TPSA) is 68.3 Å². The molecular weight excluding hydrogens is 268 g/mol. The second-order valence-electron chi connectivity index (χ2n) is 5.84. The van der Waals surface area contributed by atoms with E-state index in [1.807, 2.05) is 6.07 Å². The Bertz CT molecular complexity index is 485. The molecule has 2 aliphatic rings. The van der Waals surface area contributed by atoms with Crippen molar-refractivity contribution < 1.29 is 9.47 Å². The molecule has 0 spiro atoms. The largest absolute Gasteiger partial charge is 0.378 e. The number of nitrogens with zero attached hydrogens (tertiary/aromatic N) is 2. The molecule has 116 valence electrons. The number of nitrogens with one attached hydrogen (secondary N) is 2. The van der Waals surface area contributed by atoms with E-state index in [4.69, 9.17) is 9.47 Å². The van der Waals surface area contributed by atoms with Crippen LogP contribution in [0.3, 0.4) is 0 Å². The van der Waals surface area contributed by atoms with Crippen LogP contribution in [0.25, 0.3) is 0 Å². The zero-order valence-electron chi connectivity index (χ0n) is 12.8. The molecule has 0 amide bonds. The second-order valence-corrected chi connectivity index (χ2v) is 5.84. The van der Waals surface area contributed by atoms with Crippen molar-refractivity contribution in [2.45, 2.75) is 37.7 Å². The standard InChI is InChI=1S/C15H24N4O2/c1-3-16-12-8-13(19-14(18-12)11-4-5-11)17-9-15(20-2)6-7-21-10-15/h8,11H,3-7,9-10H2,1-2H3,(H2,16,17,18,19). The first kappa shape index (κ1) is 14.5. The first-order valence-corrected chi connectivity index (χ1v) is 7.74. The molecule has 0 radical (unpaired) electrons. The lowest BCUT2D eigenvalue weighted by Gasteiger charge is -2.26. The fourth-order valence-electron chi connectivity index (χ4n) is 2.56. The summed E-state index contributed by atoms with van der Waals surface area (Å²) in [4.78, 5) is 9.23. The molecule has 2 heterocycles. The number of rotatable bonds is 7. The predicted molar refractivity (Wildman–Crippen MR) is 81.8 cm³/mol. The van der Waals surface area contributed by atoms with Gasteiger partial charge in [0.25, 0.3) is 0 Å². The molecule has 1 aromatic rings. The Morgan fingerprint density at radius 1 is 1.33 bits per heavy atom. The van der Waals surface area contributed by atoms with Gasteiger partial charge < -0.3 is 20.1 Å². The summed E-state index contributed by atoms with van der Waals surface area (Å²) < 4.78 is 11.1. The highest BCUT2D eigenvalue weighted by atomic mass is 16.5. The number of aromatic nitrogens is 2. The van der Waals surface area contributed by atoms with Gasteiger partial charge in [0.2, 0.25) is 0 Å². The van der Waals surface area contributed by atoms with E-state index in [2.05, 4.69) is 27.5 Å². The third-order valence-corrected chi connectivity index (χ3v) is 4.14. The molecule has 6 nitrogen and oxygen atoms in total. The van der Waals surface area contributed by atoms with E-state index in [0.717, 1.165) is 37.0 Å². The summed E-state index contributed by atoms with van der Waals surface area (Å²) in [5.41, 5.74) is -0.233. The minimum Gasteiger partial charge on any atom is -0.378 e. The minimum absolute atomic E-state index is 0.233. The van der Waals surface area contributed by atoms with E-state index in [9.17, 15) is 0 Å². The fourth-order valence-corrected chi connectivity index (χ4v) is 2.56. The lowest BCUT2D eigenvalue weighted by molar-refractivity contribution is -0.00625. The SMILES string of the molecule is CCNc1cc(NCC2(OC)CCOC2)nc(C2CC2)n1. The average molecular weight is 292 g/mol. The zero-order valence-corrected chi connectivity index (χ0v) is 12.8. The van der Waals surface area contributed by atoms with Gasteiger partial charge >= 0.3 is 0 Å². The van der Waals surface area contributed by atoms with Crippen molar-refractivity contribution >= 4 is 11.6 Å². The summed E-state index contributed by atoms with van der Waals surface area (Å²) in [6, 6.07) is 1.97. The first-order chi connectivity index (χ1) is 10.2. The van der Waals surface area contributed by atoms with E-state index in [-0.39, 0.29) is 5.60 Å². The molecule has 1 aromatic heterocycles. The maximum Gasteiger partial charge on any atom is 0.136 e. The van der Waals surface area contributed by atoms with Crippen molar-refractivity contribution in [3.8, 4) is 0 Å². The monoisotopic (exact) mass is 292 g/mol. The fraction of sp³-hybridized carbons (Fsp3) is 0.733. The van der Waals surface area contributed by atoms with E-state index >= 15 is 0 Å². The van der Waals surface area contributed by atoms with Crippen molar-refractivity contribution in [1.29, 1.82) is 0 Å². The molecule has 1 aliphatic carbocycles. The van der Waals surface area contributed by atoms with Crippen LogP contribution in [0.1, 0.15) is 37.9 Å². The smallest absolute Gasteiger partial charge is 0.136 e. The molecule has 1 unspecified atom stereocenters.